The summed E-state index contributed by atoms with van der Waals surface area (Å²) in [7, 11) is 1.88. The van der Waals surface area contributed by atoms with E-state index in [0.717, 1.165) is 18.4 Å². The molecule has 1 amide bonds. The predicted octanol–water partition coefficient (Wildman–Crippen LogP) is 2.13. The Balaban J connectivity index is 1.63. The standard InChI is InChI=1S/C16H21N5O/c1-20(14-10-6-3-7-11-14)15(22)12-21-18-16(17-19-21)13-8-4-2-5-9-13/h2,4-5,8-9,14H,3,6-7,10-12H2,1H3. The summed E-state index contributed by atoms with van der Waals surface area (Å²) in [6.07, 6.45) is 5.90. The van der Waals surface area contributed by atoms with E-state index >= 15 is 0 Å². The first kappa shape index (κ1) is 14.7. The van der Waals surface area contributed by atoms with Crippen LogP contribution in [0.3, 0.4) is 0 Å². The van der Waals surface area contributed by atoms with E-state index < -0.39 is 0 Å². The third-order valence-electron chi connectivity index (χ3n) is 4.28. The number of carbonyl (C=O) groups excluding carboxylic acids is 1. The highest BCUT2D eigenvalue weighted by Crippen LogP contribution is 2.21. The second-order valence-corrected chi connectivity index (χ2v) is 5.81. The van der Waals surface area contributed by atoms with Crippen molar-refractivity contribution in [1.82, 2.24) is 25.1 Å². The molecule has 1 aliphatic rings. The Morgan fingerprint density at radius 3 is 2.68 bits per heavy atom. The zero-order chi connectivity index (χ0) is 15.4. The maximum absolute atomic E-state index is 12.4. The van der Waals surface area contributed by atoms with Crippen LogP contribution in [0.5, 0.6) is 0 Å². The molecule has 0 saturated heterocycles. The Morgan fingerprint density at radius 2 is 1.95 bits per heavy atom. The lowest BCUT2D eigenvalue weighted by molar-refractivity contribution is -0.133. The van der Waals surface area contributed by atoms with Gasteiger partial charge in [0.2, 0.25) is 11.7 Å². The summed E-state index contributed by atoms with van der Waals surface area (Å²) in [6, 6.07) is 10.0. The van der Waals surface area contributed by atoms with E-state index in [-0.39, 0.29) is 12.5 Å². The number of tetrazole rings is 1. The van der Waals surface area contributed by atoms with E-state index in [2.05, 4.69) is 15.4 Å². The Kier molecular flexibility index (Phi) is 4.46. The van der Waals surface area contributed by atoms with Crippen molar-refractivity contribution in [2.45, 2.75) is 44.7 Å². The number of likely N-dealkylation sites (N-methyl/N-ethyl adjacent to an activating group) is 1. The van der Waals surface area contributed by atoms with Gasteiger partial charge in [0, 0.05) is 18.7 Å². The average molecular weight is 299 g/mol. The Labute approximate surface area is 130 Å². The molecule has 2 aromatic rings. The van der Waals surface area contributed by atoms with Gasteiger partial charge in [-0.2, -0.15) is 4.80 Å². The second kappa shape index (κ2) is 6.68. The highest BCUT2D eigenvalue weighted by Gasteiger charge is 2.22. The van der Waals surface area contributed by atoms with Gasteiger partial charge < -0.3 is 4.90 Å². The van der Waals surface area contributed by atoms with E-state index in [9.17, 15) is 4.79 Å². The summed E-state index contributed by atoms with van der Waals surface area (Å²) < 4.78 is 0. The van der Waals surface area contributed by atoms with Gasteiger partial charge in [-0.15, -0.1) is 10.2 Å². The number of benzene rings is 1. The molecule has 116 valence electrons. The zero-order valence-corrected chi connectivity index (χ0v) is 12.9. The van der Waals surface area contributed by atoms with Gasteiger partial charge in [0.05, 0.1) is 0 Å². The highest BCUT2D eigenvalue weighted by atomic mass is 16.2. The molecule has 1 aromatic heterocycles. The van der Waals surface area contributed by atoms with E-state index in [1.54, 1.807) is 0 Å². The molecule has 0 aliphatic heterocycles. The van der Waals surface area contributed by atoms with Gasteiger partial charge in [-0.05, 0) is 18.1 Å². The molecule has 0 spiro atoms. The number of nitrogens with zero attached hydrogens (tertiary/aromatic N) is 5. The van der Waals surface area contributed by atoms with Crippen LogP contribution in [0.25, 0.3) is 11.4 Å². The SMILES string of the molecule is CN(C(=O)Cn1nnc(-c2ccccc2)n1)C1CCCCC1. The van der Waals surface area contributed by atoms with Crippen molar-refractivity contribution in [3.05, 3.63) is 30.3 Å². The average Bonchev–Trinajstić information content (AvgIpc) is 3.04. The fourth-order valence-corrected chi connectivity index (χ4v) is 2.92. The minimum atomic E-state index is 0.0453. The molecule has 1 aromatic carbocycles. The van der Waals surface area contributed by atoms with Crippen LogP contribution in [0, 0.1) is 0 Å². The van der Waals surface area contributed by atoms with Gasteiger partial charge in [0.15, 0.2) is 0 Å². The highest BCUT2D eigenvalue weighted by molar-refractivity contribution is 5.75. The number of rotatable bonds is 4. The fraction of sp³-hybridized carbons (Fsp3) is 0.500. The molecule has 1 fully saturated rings. The van der Waals surface area contributed by atoms with Crippen LogP contribution in [-0.2, 0) is 11.3 Å². The molecule has 0 unspecified atom stereocenters. The number of amides is 1. The van der Waals surface area contributed by atoms with E-state index in [1.807, 2.05) is 42.3 Å². The van der Waals surface area contributed by atoms with E-state index in [4.69, 9.17) is 0 Å². The summed E-state index contributed by atoms with van der Waals surface area (Å²) in [4.78, 5) is 15.6. The quantitative estimate of drug-likeness (QED) is 0.867. The third kappa shape index (κ3) is 3.32. The first-order valence-electron chi connectivity index (χ1n) is 7.83. The minimum absolute atomic E-state index is 0.0453. The third-order valence-corrected chi connectivity index (χ3v) is 4.28. The molecule has 0 N–H and O–H groups in total. The molecule has 0 radical (unpaired) electrons. The first-order chi connectivity index (χ1) is 10.7. The van der Waals surface area contributed by atoms with Crippen molar-refractivity contribution in [1.29, 1.82) is 0 Å². The Bertz CT molecular complexity index is 618. The van der Waals surface area contributed by atoms with Crippen molar-refractivity contribution in [2.24, 2.45) is 0 Å². The van der Waals surface area contributed by atoms with Crippen LogP contribution >= 0.6 is 0 Å². The molecular formula is C16H21N5O. The van der Waals surface area contributed by atoms with Crippen LogP contribution in [0.4, 0.5) is 0 Å². The number of carbonyl (C=O) groups is 1. The topological polar surface area (TPSA) is 63.9 Å². The van der Waals surface area contributed by atoms with Crippen molar-refractivity contribution in [3.8, 4) is 11.4 Å². The summed E-state index contributed by atoms with van der Waals surface area (Å²) in [5.74, 6) is 0.595. The van der Waals surface area contributed by atoms with Gasteiger partial charge in [0.25, 0.3) is 0 Å². The summed E-state index contributed by atoms with van der Waals surface area (Å²) in [5.41, 5.74) is 0.904. The predicted molar refractivity (Wildman–Crippen MR) is 82.9 cm³/mol. The molecular weight excluding hydrogens is 278 g/mol. The lowest BCUT2D eigenvalue weighted by Gasteiger charge is -2.31. The zero-order valence-electron chi connectivity index (χ0n) is 12.9. The number of hydrogen-bond donors (Lipinski definition) is 0. The normalized spacial score (nSPS) is 15.7. The maximum Gasteiger partial charge on any atom is 0.246 e. The van der Waals surface area contributed by atoms with Gasteiger partial charge in [-0.1, -0.05) is 49.6 Å². The maximum atomic E-state index is 12.4. The van der Waals surface area contributed by atoms with Crippen molar-refractivity contribution in [2.75, 3.05) is 7.05 Å². The fourth-order valence-electron chi connectivity index (χ4n) is 2.92. The van der Waals surface area contributed by atoms with Crippen LogP contribution in [0.15, 0.2) is 30.3 Å². The van der Waals surface area contributed by atoms with E-state index in [1.165, 1.54) is 24.1 Å². The molecule has 0 atom stereocenters. The largest absolute Gasteiger partial charge is 0.341 e. The minimum Gasteiger partial charge on any atom is -0.341 e. The van der Waals surface area contributed by atoms with Gasteiger partial charge in [-0.25, -0.2) is 0 Å². The molecule has 6 nitrogen and oxygen atoms in total. The molecule has 0 bridgehead atoms. The molecule has 22 heavy (non-hydrogen) atoms. The van der Waals surface area contributed by atoms with Crippen LogP contribution in [0.1, 0.15) is 32.1 Å². The molecule has 6 heteroatoms. The number of hydrogen-bond acceptors (Lipinski definition) is 4. The number of aromatic nitrogens is 4. The molecule has 1 heterocycles. The summed E-state index contributed by atoms with van der Waals surface area (Å²) in [5, 5.41) is 12.3. The van der Waals surface area contributed by atoms with E-state index in [0.29, 0.717) is 11.9 Å². The van der Waals surface area contributed by atoms with Crippen molar-refractivity contribution < 1.29 is 4.79 Å². The molecule has 1 saturated carbocycles. The molecule has 3 rings (SSSR count). The Morgan fingerprint density at radius 1 is 1.23 bits per heavy atom. The van der Waals surface area contributed by atoms with Crippen LogP contribution in [0.2, 0.25) is 0 Å². The van der Waals surface area contributed by atoms with Crippen LogP contribution < -0.4 is 0 Å². The van der Waals surface area contributed by atoms with Crippen molar-refractivity contribution in [3.63, 3.8) is 0 Å². The van der Waals surface area contributed by atoms with Crippen molar-refractivity contribution >= 4 is 5.91 Å². The monoisotopic (exact) mass is 299 g/mol. The second-order valence-electron chi connectivity index (χ2n) is 5.81. The Hall–Kier alpha value is -2.24. The van der Waals surface area contributed by atoms with Gasteiger partial charge in [0.1, 0.15) is 6.54 Å². The van der Waals surface area contributed by atoms with Crippen LogP contribution in [-0.4, -0.2) is 44.1 Å². The molecule has 1 aliphatic carbocycles. The van der Waals surface area contributed by atoms with Gasteiger partial charge in [-0.3, -0.25) is 4.79 Å². The summed E-state index contributed by atoms with van der Waals surface area (Å²) in [6.45, 7) is 0.146. The first-order valence-corrected chi connectivity index (χ1v) is 7.83. The van der Waals surface area contributed by atoms with Gasteiger partial charge >= 0.3 is 0 Å². The smallest absolute Gasteiger partial charge is 0.246 e. The summed E-state index contributed by atoms with van der Waals surface area (Å²) >= 11 is 0. The lowest BCUT2D eigenvalue weighted by Crippen LogP contribution is -2.40. The lowest BCUT2D eigenvalue weighted by atomic mass is 9.94.